The third-order valence-electron chi connectivity index (χ3n) is 1.97. The second kappa shape index (κ2) is 5.32. The standard InChI is InChI=1S/C10H9N3O3S2/c1-5-7(8(14)15)17-10(12-5)18-9-11-4-3-6(13-9)16-2/h3-4H,1-2H3,(H,14,15). The predicted octanol–water partition coefficient (Wildman–Crippen LogP) is 2.10. The van der Waals surface area contributed by atoms with Crippen LogP contribution in [0.25, 0.3) is 0 Å². The molecular weight excluding hydrogens is 274 g/mol. The summed E-state index contributed by atoms with van der Waals surface area (Å²) in [5, 5.41) is 9.41. The number of hydrogen-bond donors (Lipinski definition) is 1. The fraction of sp³-hybridized carbons (Fsp3) is 0.200. The number of carboxylic acid groups (broad SMARTS) is 1. The van der Waals surface area contributed by atoms with Crippen molar-refractivity contribution in [3.8, 4) is 5.88 Å². The summed E-state index contributed by atoms with van der Waals surface area (Å²) in [5.74, 6) is -0.511. The smallest absolute Gasteiger partial charge is 0.347 e. The van der Waals surface area contributed by atoms with E-state index < -0.39 is 5.97 Å². The van der Waals surface area contributed by atoms with E-state index in [1.807, 2.05) is 0 Å². The first-order chi connectivity index (χ1) is 8.60. The summed E-state index contributed by atoms with van der Waals surface area (Å²) in [5.41, 5.74) is 0.498. The molecule has 2 heterocycles. The van der Waals surface area contributed by atoms with Crippen LogP contribution >= 0.6 is 23.1 Å². The average Bonchev–Trinajstić information content (AvgIpc) is 2.70. The van der Waals surface area contributed by atoms with Gasteiger partial charge in [-0.05, 0) is 18.7 Å². The first kappa shape index (κ1) is 12.8. The van der Waals surface area contributed by atoms with Crippen molar-refractivity contribution >= 4 is 29.1 Å². The number of ether oxygens (including phenoxy) is 1. The highest BCUT2D eigenvalue weighted by molar-refractivity contribution is 8.00. The summed E-state index contributed by atoms with van der Waals surface area (Å²) in [6.45, 7) is 1.66. The van der Waals surface area contributed by atoms with Crippen molar-refractivity contribution in [2.24, 2.45) is 0 Å². The van der Waals surface area contributed by atoms with E-state index in [9.17, 15) is 4.79 Å². The summed E-state index contributed by atoms with van der Waals surface area (Å²) >= 11 is 2.32. The van der Waals surface area contributed by atoms with Crippen LogP contribution in [0, 0.1) is 6.92 Å². The lowest BCUT2D eigenvalue weighted by Crippen LogP contribution is -1.94. The zero-order chi connectivity index (χ0) is 13.1. The van der Waals surface area contributed by atoms with Gasteiger partial charge in [-0.2, -0.15) is 4.98 Å². The summed E-state index contributed by atoms with van der Waals surface area (Å²) in [7, 11) is 1.52. The van der Waals surface area contributed by atoms with Gasteiger partial charge in [0.15, 0.2) is 9.50 Å². The Balaban J connectivity index is 2.23. The lowest BCUT2D eigenvalue weighted by Gasteiger charge is -1.99. The van der Waals surface area contributed by atoms with E-state index in [0.29, 0.717) is 21.1 Å². The number of aromatic nitrogens is 3. The van der Waals surface area contributed by atoms with E-state index >= 15 is 0 Å². The summed E-state index contributed by atoms with van der Waals surface area (Å²) < 4.78 is 5.58. The molecule has 0 unspecified atom stereocenters. The van der Waals surface area contributed by atoms with Crippen LogP contribution in [-0.2, 0) is 0 Å². The highest BCUT2D eigenvalue weighted by Crippen LogP contribution is 2.31. The predicted molar refractivity (Wildman–Crippen MR) is 66.5 cm³/mol. The van der Waals surface area contributed by atoms with Crippen molar-refractivity contribution in [3.05, 3.63) is 22.8 Å². The molecule has 0 atom stereocenters. The molecule has 0 fully saturated rings. The van der Waals surface area contributed by atoms with Gasteiger partial charge in [0.1, 0.15) is 4.88 Å². The molecule has 0 aliphatic rings. The van der Waals surface area contributed by atoms with Crippen LogP contribution in [0.5, 0.6) is 5.88 Å². The van der Waals surface area contributed by atoms with Gasteiger partial charge in [-0.3, -0.25) is 0 Å². The Bertz CT molecular complexity index is 585. The molecule has 0 saturated carbocycles. The second-order valence-electron chi connectivity index (χ2n) is 3.18. The van der Waals surface area contributed by atoms with Gasteiger partial charge in [-0.1, -0.05) is 11.3 Å². The number of carboxylic acids is 1. The quantitative estimate of drug-likeness (QED) is 0.860. The summed E-state index contributed by atoms with van der Waals surface area (Å²) in [6.07, 6.45) is 1.58. The van der Waals surface area contributed by atoms with E-state index in [1.165, 1.54) is 18.9 Å². The number of aryl methyl sites for hydroxylation is 1. The van der Waals surface area contributed by atoms with Gasteiger partial charge >= 0.3 is 5.97 Å². The molecule has 0 spiro atoms. The first-order valence-electron chi connectivity index (χ1n) is 4.85. The molecule has 0 saturated heterocycles. The molecular formula is C10H9N3O3S2. The molecule has 0 bridgehead atoms. The van der Waals surface area contributed by atoms with Crippen molar-refractivity contribution < 1.29 is 14.6 Å². The minimum Gasteiger partial charge on any atom is -0.481 e. The van der Waals surface area contributed by atoms with Crippen molar-refractivity contribution in [2.75, 3.05) is 7.11 Å². The Morgan fingerprint density at radius 3 is 2.89 bits per heavy atom. The molecule has 8 heteroatoms. The first-order valence-corrected chi connectivity index (χ1v) is 6.49. The molecule has 0 radical (unpaired) electrons. The molecule has 0 aromatic carbocycles. The molecule has 2 aromatic rings. The van der Waals surface area contributed by atoms with Gasteiger partial charge in [0, 0.05) is 12.3 Å². The number of rotatable bonds is 4. The van der Waals surface area contributed by atoms with Crippen LogP contribution in [0.2, 0.25) is 0 Å². The van der Waals surface area contributed by atoms with E-state index in [0.717, 1.165) is 11.3 Å². The summed E-state index contributed by atoms with van der Waals surface area (Å²) in [4.78, 5) is 23.5. The topological polar surface area (TPSA) is 85.2 Å². The number of thiazole rings is 1. The zero-order valence-corrected chi connectivity index (χ0v) is 11.2. The maximum absolute atomic E-state index is 10.9. The third-order valence-corrected chi connectivity index (χ3v) is 4.05. The summed E-state index contributed by atoms with van der Waals surface area (Å²) in [6, 6.07) is 1.64. The monoisotopic (exact) mass is 283 g/mol. The van der Waals surface area contributed by atoms with Gasteiger partial charge in [-0.25, -0.2) is 14.8 Å². The Morgan fingerprint density at radius 1 is 1.50 bits per heavy atom. The fourth-order valence-electron chi connectivity index (χ4n) is 1.18. The Hall–Kier alpha value is -1.67. The third kappa shape index (κ3) is 2.77. The van der Waals surface area contributed by atoms with Gasteiger partial charge in [-0.15, -0.1) is 0 Å². The van der Waals surface area contributed by atoms with E-state index in [1.54, 1.807) is 19.2 Å². The Labute approximate surface area is 111 Å². The molecule has 94 valence electrons. The van der Waals surface area contributed by atoms with Crippen LogP contribution in [0.1, 0.15) is 15.4 Å². The SMILES string of the molecule is COc1ccnc(Sc2nc(C)c(C(=O)O)s2)n1. The number of carbonyl (C=O) groups is 1. The minimum absolute atomic E-state index is 0.236. The fourth-order valence-corrected chi connectivity index (χ4v) is 3.05. The highest BCUT2D eigenvalue weighted by atomic mass is 32.2. The van der Waals surface area contributed by atoms with Crippen molar-refractivity contribution in [1.82, 2.24) is 15.0 Å². The molecule has 2 rings (SSSR count). The van der Waals surface area contributed by atoms with E-state index in [-0.39, 0.29) is 4.88 Å². The minimum atomic E-state index is -0.969. The van der Waals surface area contributed by atoms with Crippen molar-refractivity contribution in [3.63, 3.8) is 0 Å². The largest absolute Gasteiger partial charge is 0.481 e. The van der Waals surface area contributed by atoms with Crippen LogP contribution in [0.3, 0.4) is 0 Å². The lowest BCUT2D eigenvalue weighted by molar-refractivity contribution is 0.0701. The molecule has 6 nitrogen and oxygen atoms in total. The normalized spacial score (nSPS) is 10.3. The Morgan fingerprint density at radius 2 is 2.28 bits per heavy atom. The highest BCUT2D eigenvalue weighted by Gasteiger charge is 2.15. The molecule has 0 aliphatic heterocycles. The molecule has 1 N–H and O–H groups in total. The molecule has 0 aliphatic carbocycles. The van der Waals surface area contributed by atoms with Crippen molar-refractivity contribution in [2.45, 2.75) is 16.4 Å². The van der Waals surface area contributed by atoms with Crippen LogP contribution in [0.4, 0.5) is 0 Å². The maximum Gasteiger partial charge on any atom is 0.347 e. The number of methoxy groups -OCH3 is 1. The Kier molecular flexibility index (Phi) is 3.78. The van der Waals surface area contributed by atoms with Crippen molar-refractivity contribution in [1.29, 1.82) is 0 Å². The molecule has 18 heavy (non-hydrogen) atoms. The van der Waals surface area contributed by atoms with E-state index in [4.69, 9.17) is 9.84 Å². The number of hydrogen-bond acceptors (Lipinski definition) is 7. The zero-order valence-electron chi connectivity index (χ0n) is 9.58. The molecule has 0 amide bonds. The van der Waals surface area contributed by atoms with Gasteiger partial charge in [0.25, 0.3) is 0 Å². The number of nitrogens with zero attached hydrogens (tertiary/aromatic N) is 3. The van der Waals surface area contributed by atoms with Gasteiger partial charge < -0.3 is 9.84 Å². The van der Waals surface area contributed by atoms with Gasteiger partial charge in [0.05, 0.1) is 12.8 Å². The molecule has 2 aromatic heterocycles. The average molecular weight is 283 g/mol. The van der Waals surface area contributed by atoms with Crippen LogP contribution in [0.15, 0.2) is 21.8 Å². The van der Waals surface area contributed by atoms with E-state index in [2.05, 4.69) is 15.0 Å². The van der Waals surface area contributed by atoms with Crippen LogP contribution < -0.4 is 4.74 Å². The van der Waals surface area contributed by atoms with Crippen LogP contribution in [-0.4, -0.2) is 33.1 Å². The van der Waals surface area contributed by atoms with Gasteiger partial charge in [0.2, 0.25) is 5.88 Å². The lowest BCUT2D eigenvalue weighted by atomic mass is 10.4. The maximum atomic E-state index is 10.9. The number of aromatic carboxylic acids is 1. The second-order valence-corrected chi connectivity index (χ2v) is 5.40.